The van der Waals surface area contributed by atoms with Gasteiger partial charge in [-0.3, -0.25) is 4.79 Å². The van der Waals surface area contributed by atoms with Gasteiger partial charge >= 0.3 is 0 Å². The van der Waals surface area contributed by atoms with E-state index in [1.54, 1.807) is 17.9 Å². The second kappa shape index (κ2) is 7.34. The lowest BCUT2D eigenvalue weighted by Crippen LogP contribution is -2.50. The predicted octanol–water partition coefficient (Wildman–Crippen LogP) is 2.93. The van der Waals surface area contributed by atoms with Gasteiger partial charge in [-0.2, -0.15) is 4.31 Å². The summed E-state index contributed by atoms with van der Waals surface area (Å²) in [7, 11) is -3.66. The number of nitrogens with zero attached hydrogens (tertiary/aromatic N) is 2. The second-order valence-corrected chi connectivity index (χ2v) is 8.46. The molecule has 0 bridgehead atoms. The van der Waals surface area contributed by atoms with Crippen LogP contribution in [0.2, 0.25) is 5.02 Å². The summed E-state index contributed by atoms with van der Waals surface area (Å²) in [6.45, 7) is 2.74. The zero-order valence-electron chi connectivity index (χ0n) is 14.2. The Morgan fingerprint density at radius 2 is 1.65 bits per heavy atom. The van der Waals surface area contributed by atoms with E-state index in [1.165, 1.54) is 40.7 Å². The van der Waals surface area contributed by atoms with Crippen LogP contribution in [0.1, 0.15) is 15.9 Å². The fraction of sp³-hybridized carbons (Fsp3) is 0.278. The van der Waals surface area contributed by atoms with E-state index in [2.05, 4.69) is 0 Å². The van der Waals surface area contributed by atoms with Crippen LogP contribution in [0.25, 0.3) is 0 Å². The molecule has 138 valence electrons. The maximum Gasteiger partial charge on any atom is 0.253 e. The summed E-state index contributed by atoms with van der Waals surface area (Å²) in [6.07, 6.45) is 0. The normalized spacial score (nSPS) is 15.9. The molecule has 1 aliphatic rings. The number of carbonyl (C=O) groups is 1. The minimum atomic E-state index is -3.66. The monoisotopic (exact) mass is 396 g/mol. The summed E-state index contributed by atoms with van der Waals surface area (Å²) in [6, 6.07) is 9.96. The zero-order chi connectivity index (χ0) is 18.9. The van der Waals surface area contributed by atoms with Crippen molar-refractivity contribution in [2.24, 2.45) is 0 Å². The van der Waals surface area contributed by atoms with E-state index in [0.29, 0.717) is 10.6 Å². The van der Waals surface area contributed by atoms with E-state index in [0.717, 1.165) is 5.56 Å². The molecule has 0 radical (unpaired) electrons. The molecule has 1 heterocycles. The number of aryl methyl sites for hydroxylation is 1. The number of sulfonamides is 1. The average Bonchev–Trinajstić information content (AvgIpc) is 2.64. The predicted molar refractivity (Wildman–Crippen MR) is 97.3 cm³/mol. The molecule has 0 spiro atoms. The number of amides is 1. The van der Waals surface area contributed by atoms with Crippen molar-refractivity contribution in [1.29, 1.82) is 0 Å². The fourth-order valence-electron chi connectivity index (χ4n) is 2.79. The molecule has 1 aliphatic heterocycles. The lowest BCUT2D eigenvalue weighted by Gasteiger charge is -2.34. The Morgan fingerprint density at radius 3 is 2.23 bits per heavy atom. The van der Waals surface area contributed by atoms with Gasteiger partial charge < -0.3 is 4.90 Å². The first kappa shape index (κ1) is 18.8. The van der Waals surface area contributed by atoms with Crippen molar-refractivity contribution in [2.75, 3.05) is 26.2 Å². The summed E-state index contributed by atoms with van der Waals surface area (Å²) >= 11 is 6.04. The molecule has 0 atom stereocenters. The molecule has 0 aromatic heterocycles. The van der Waals surface area contributed by atoms with Crippen molar-refractivity contribution in [2.45, 2.75) is 11.8 Å². The van der Waals surface area contributed by atoms with Gasteiger partial charge in [0, 0.05) is 36.8 Å². The maximum absolute atomic E-state index is 13.0. The Kier molecular flexibility index (Phi) is 5.32. The Labute approximate surface area is 157 Å². The van der Waals surface area contributed by atoms with E-state index >= 15 is 0 Å². The molecule has 0 aliphatic carbocycles. The summed E-state index contributed by atoms with van der Waals surface area (Å²) in [5.74, 6) is -0.644. The van der Waals surface area contributed by atoms with E-state index in [4.69, 9.17) is 11.6 Å². The first-order valence-corrected chi connectivity index (χ1v) is 9.92. The minimum Gasteiger partial charge on any atom is -0.336 e. The number of halogens is 2. The quantitative estimate of drug-likeness (QED) is 0.801. The maximum atomic E-state index is 13.0. The van der Waals surface area contributed by atoms with Crippen LogP contribution < -0.4 is 0 Å². The van der Waals surface area contributed by atoms with Gasteiger partial charge in [0.1, 0.15) is 5.82 Å². The molecule has 0 unspecified atom stereocenters. The van der Waals surface area contributed by atoms with E-state index in [-0.39, 0.29) is 37.0 Å². The highest BCUT2D eigenvalue weighted by molar-refractivity contribution is 7.89. The Hall–Kier alpha value is -1.96. The van der Waals surface area contributed by atoms with Gasteiger partial charge in [0.05, 0.1) is 4.90 Å². The molecule has 0 saturated carbocycles. The molecular formula is C18H18ClFN2O3S. The van der Waals surface area contributed by atoms with E-state index < -0.39 is 15.8 Å². The van der Waals surface area contributed by atoms with Crippen molar-refractivity contribution in [1.82, 2.24) is 9.21 Å². The smallest absolute Gasteiger partial charge is 0.253 e. The molecule has 2 aromatic carbocycles. The summed E-state index contributed by atoms with van der Waals surface area (Å²) < 4.78 is 39.8. The number of hydrogen-bond donors (Lipinski definition) is 0. The van der Waals surface area contributed by atoms with Crippen LogP contribution in [0.3, 0.4) is 0 Å². The lowest BCUT2D eigenvalue weighted by molar-refractivity contribution is 0.0698. The zero-order valence-corrected chi connectivity index (χ0v) is 15.7. The van der Waals surface area contributed by atoms with Crippen LogP contribution in [0.4, 0.5) is 4.39 Å². The number of carbonyl (C=O) groups excluding carboxylic acids is 1. The van der Waals surface area contributed by atoms with Crippen molar-refractivity contribution in [3.05, 3.63) is 64.4 Å². The third-order valence-electron chi connectivity index (χ3n) is 4.40. The summed E-state index contributed by atoms with van der Waals surface area (Å²) in [4.78, 5) is 14.2. The number of benzene rings is 2. The molecular weight excluding hydrogens is 379 g/mol. The van der Waals surface area contributed by atoms with Crippen molar-refractivity contribution in [3.8, 4) is 0 Å². The number of hydrogen-bond acceptors (Lipinski definition) is 3. The standard InChI is InChI=1S/C18H18ClFN2O3S/c1-13-2-7-16(12-17(13)19)26(24,25)22-10-8-21(9-11-22)18(23)14-3-5-15(20)6-4-14/h2-7,12H,8-11H2,1H3. The van der Waals surface area contributed by atoms with Gasteiger partial charge in [-0.05, 0) is 48.9 Å². The van der Waals surface area contributed by atoms with Crippen LogP contribution in [0.15, 0.2) is 47.4 Å². The third kappa shape index (κ3) is 3.75. The minimum absolute atomic E-state index is 0.145. The molecule has 0 N–H and O–H groups in total. The largest absolute Gasteiger partial charge is 0.336 e. The Morgan fingerprint density at radius 1 is 1.04 bits per heavy atom. The molecule has 1 fully saturated rings. The van der Waals surface area contributed by atoms with Crippen molar-refractivity contribution in [3.63, 3.8) is 0 Å². The third-order valence-corrected chi connectivity index (χ3v) is 6.70. The SMILES string of the molecule is Cc1ccc(S(=O)(=O)N2CCN(C(=O)c3ccc(F)cc3)CC2)cc1Cl. The van der Waals surface area contributed by atoms with Crippen LogP contribution in [-0.2, 0) is 10.0 Å². The average molecular weight is 397 g/mol. The highest BCUT2D eigenvalue weighted by atomic mass is 35.5. The second-order valence-electron chi connectivity index (χ2n) is 6.11. The van der Waals surface area contributed by atoms with Gasteiger partial charge in [0.15, 0.2) is 0 Å². The summed E-state index contributed by atoms with van der Waals surface area (Å²) in [5, 5.41) is 0.399. The lowest BCUT2D eigenvalue weighted by atomic mass is 10.2. The summed E-state index contributed by atoms with van der Waals surface area (Å²) in [5.41, 5.74) is 1.19. The highest BCUT2D eigenvalue weighted by Gasteiger charge is 2.30. The first-order valence-electron chi connectivity index (χ1n) is 8.10. The Bertz CT molecular complexity index is 924. The molecule has 1 amide bonds. The van der Waals surface area contributed by atoms with Crippen LogP contribution in [0, 0.1) is 12.7 Å². The van der Waals surface area contributed by atoms with Gasteiger partial charge in [-0.15, -0.1) is 0 Å². The van der Waals surface area contributed by atoms with E-state index in [1.807, 2.05) is 0 Å². The molecule has 2 aromatic rings. The molecule has 26 heavy (non-hydrogen) atoms. The fourth-order valence-corrected chi connectivity index (χ4v) is 4.48. The number of rotatable bonds is 3. The topological polar surface area (TPSA) is 57.7 Å². The van der Waals surface area contributed by atoms with Gasteiger partial charge in [-0.1, -0.05) is 17.7 Å². The Balaban J connectivity index is 1.70. The van der Waals surface area contributed by atoms with Crippen LogP contribution in [-0.4, -0.2) is 49.7 Å². The van der Waals surface area contributed by atoms with Crippen molar-refractivity contribution < 1.29 is 17.6 Å². The van der Waals surface area contributed by atoms with Crippen LogP contribution >= 0.6 is 11.6 Å². The van der Waals surface area contributed by atoms with Gasteiger partial charge in [0.2, 0.25) is 10.0 Å². The number of piperazine rings is 1. The molecule has 5 nitrogen and oxygen atoms in total. The highest BCUT2D eigenvalue weighted by Crippen LogP contribution is 2.24. The first-order chi connectivity index (χ1) is 12.3. The molecule has 3 rings (SSSR count). The molecule has 8 heteroatoms. The van der Waals surface area contributed by atoms with Gasteiger partial charge in [-0.25, -0.2) is 12.8 Å². The van der Waals surface area contributed by atoms with Crippen molar-refractivity contribution >= 4 is 27.5 Å². The molecule has 1 saturated heterocycles. The van der Waals surface area contributed by atoms with Gasteiger partial charge in [0.25, 0.3) is 5.91 Å². The van der Waals surface area contributed by atoms with Crippen LogP contribution in [0.5, 0.6) is 0 Å². The van der Waals surface area contributed by atoms with E-state index in [9.17, 15) is 17.6 Å².